The Hall–Kier alpha value is -1.17. The summed E-state index contributed by atoms with van der Waals surface area (Å²) >= 11 is 3.13. The van der Waals surface area contributed by atoms with Gasteiger partial charge in [0.25, 0.3) is 0 Å². The van der Waals surface area contributed by atoms with Crippen LogP contribution in [-0.2, 0) is 16.0 Å². The van der Waals surface area contributed by atoms with E-state index in [1.54, 1.807) is 12.1 Å². The van der Waals surface area contributed by atoms with Crippen molar-refractivity contribution >= 4 is 21.9 Å². The van der Waals surface area contributed by atoms with Crippen LogP contribution in [0.5, 0.6) is 5.75 Å². The third-order valence-corrected chi connectivity index (χ3v) is 2.68. The van der Waals surface area contributed by atoms with Gasteiger partial charge < -0.3 is 9.47 Å². The van der Waals surface area contributed by atoms with E-state index in [1.165, 1.54) is 13.2 Å². The van der Waals surface area contributed by atoms with Crippen LogP contribution in [0.2, 0.25) is 0 Å². The monoisotopic (exact) mass is 308 g/mol. The fourth-order valence-electron chi connectivity index (χ4n) is 1.24. The van der Waals surface area contributed by atoms with Gasteiger partial charge in [0.2, 0.25) is 0 Å². The Labute approximate surface area is 106 Å². The van der Waals surface area contributed by atoms with E-state index < -0.39 is 6.61 Å². The number of hydrogen-bond donors (Lipinski definition) is 0. The lowest BCUT2D eigenvalue weighted by atomic mass is 10.1. The number of esters is 1. The molecule has 0 aliphatic heterocycles. The minimum Gasteiger partial charge on any atom is -0.469 e. The number of hydrogen-bond acceptors (Lipinski definition) is 3. The molecule has 0 bridgehead atoms. The third-order valence-electron chi connectivity index (χ3n) is 2.06. The van der Waals surface area contributed by atoms with E-state index in [0.717, 1.165) is 5.56 Å². The maximum Gasteiger partial charge on any atom is 0.387 e. The lowest BCUT2D eigenvalue weighted by molar-refractivity contribution is -0.140. The number of alkyl halides is 2. The standard InChI is InChI=1S/C11H11BrF2O3/c1-16-10(15)5-3-7-2-4-9(8(12)6-7)17-11(13)14/h2,4,6,11H,3,5H2,1H3. The van der Waals surface area contributed by atoms with Crippen LogP contribution in [0.1, 0.15) is 12.0 Å². The molecule has 0 amide bonds. The zero-order chi connectivity index (χ0) is 12.8. The molecule has 0 saturated carbocycles. The largest absolute Gasteiger partial charge is 0.469 e. The van der Waals surface area contributed by atoms with Crippen molar-refractivity contribution in [1.82, 2.24) is 0 Å². The van der Waals surface area contributed by atoms with Crippen molar-refractivity contribution < 1.29 is 23.0 Å². The Morgan fingerprint density at radius 2 is 2.18 bits per heavy atom. The minimum absolute atomic E-state index is 0.0711. The van der Waals surface area contributed by atoms with E-state index in [9.17, 15) is 13.6 Å². The maximum absolute atomic E-state index is 12.0. The lowest BCUT2D eigenvalue weighted by Gasteiger charge is -2.08. The average molecular weight is 309 g/mol. The second kappa shape index (κ2) is 6.54. The van der Waals surface area contributed by atoms with E-state index in [0.29, 0.717) is 10.9 Å². The molecule has 0 aromatic heterocycles. The smallest absolute Gasteiger partial charge is 0.387 e. The number of carbonyl (C=O) groups excluding carboxylic acids is 1. The molecule has 17 heavy (non-hydrogen) atoms. The summed E-state index contributed by atoms with van der Waals surface area (Å²) < 4.78 is 33.2. The highest BCUT2D eigenvalue weighted by molar-refractivity contribution is 9.10. The summed E-state index contributed by atoms with van der Waals surface area (Å²) in [5, 5.41) is 0. The Balaban J connectivity index is 2.65. The summed E-state index contributed by atoms with van der Waals surface area (Å²) in [6, 6.07) is 4.70. The van der Waals surface area contributed by atoms with Crippen LogP contribution in [0.15, 0.2) is 22.7 Å². The molecule has 1 rings (SSSR count). The first kappa shape index (κ1) is 13.9. The molecule has 0 fully saturated rings. The van der Waals surface area contributed by atoms with Crippen LogP contribution < -0.4 is 4.74 Å². The fraction of sp³-hybridized carbons (Fsp3) is 0.364. The second-order valence-corrected chi connectivity index (χ2v) is 4.07. The van der Waals surface area contributed by atoms with Crippen molar-refractivity contribution in [3.63, 3.8) is 0 Å². The molecule has 0 aliphatic carbocycles. The molecule has 0 aliphatic rings. The van der Waals surface area contributed by atoms with Crippen LogP contribution in [-0.4, -0.2) is 19.7 Å². The highest BCUT2D eigenvalue weighted by atomic mass is 79.9. The van der Waals surface area contributed by atoms with Gasteiger partial charge in [0, 0.05) is 6.42 Å². The van der Waals surface area contributed by atoms with Crippen molar-refractivity contribution in [2.24, 2.45) is 0 Å². The molecule has 1 aromatic rings. The minimum atomic E-state index is -2.85. The van der Waals surface area contributed by atoms with Crippen LogP contribution >= 0.6 is 15.9 Å². The molecule has 6 heteroatoms. The molecule has 1 aromatic carbocycles. The summed E-state index contributed by atoms with van der Waals surface area (Å²) in [6.45, 7) is -2.85. The van der Waals surface area contributed by atoms with Crippen molar-refractivity contribution in [2.45, 2.75) is 19.5 Å². The number of carbonyl (C=O) groups is 1. The zero-order valence-electron chi connectivity index (χ0n) is 9.08. The quantitative estimate of drug-likeness (QED) is 0.784. The molecule has 0 saturated heterocycles. The summed E-state index contributed by atoms with van der Waals surface area (Å²) in [5.41, 5.74) is 0.837. The molecule has 0 atom stereocenters. The molecule has 3 nitrogen and oxygen atoms in total. The van der Waals surface area contributed by atoms with Gasteiger partial charge in [-0.15, -0.1) is 0 Å². The highest BCUT2D eigenvalue weighted by Crippen LogP contribution is 2.27. The number of aryl methyl sites for hydroxylation is 1. The lowest BCUT2D eigenvalue weighted by Crippen LogP contribution is -2.04. The van der Waals surface area contributed by atoms with Gasteiger partial charge in [-0.1, -0.05) is 6.07 Å². The van der Waals surface area contributed by atoms with Crippen molar-refractivity contribution in [3.8, 4) is 5.75 Å². The van der Waals surface area contributed by atoms with E-state index in [-0.39, 0.29) is 18.1 Å². The fourth-order valence-corrected chi connectivity index (χ4v) is 1.76. The Bertz CT molecular complexity index is 396. The summed E-state index contributed by atoms with van der Waals surface area (Å²) in [5.74, 6) is -0.240. The molecule has 0 N–H and O–H groups in total. The molecular formula is C11H11BrF2O3. The van der Waals surface area contributed by atoms with Gasteiger partial charge in [-0.05, 0) is 40.0 Å². The number of rotatable bonds is 5. The Morgan fingerprint density at radius 3 is 2.71 bits per heavy atom. The second-order valence-electron chi connectivity index (χ2n) is 3.22. The highest BCUT2D eigenvalue weighted by Gasteiger charge is 2.09. The average Bonchev–Trinajstić information content (AvgIpc) is 2.28. The molecule has 0 unspecified atom stereocenters. The predicted octanol–water partition coefficient (Wildman–Crippen LogP) is 3.16. The Morgan fingerprint density at radius 1 is 1.47 bits per heavy atom. The first-order valence-corrected chi connectivity index (χ1v) is 5.62. The van der Waals surface area contributed by atoms with Crippen molar-refractivity contribution in [1.29, 1.82) is 0 Å². The zero-order valence-corrected chi connectivity index (χ0v) is 10.7. The van der Waals surface area contributed by atoms with Crippen LogP contribution in [0, 0.1) is 0 Å². The first-order valence-electron chi connectivity index (χ1n) is 4.83. The molecule has 94 valence electrons. The third kappa shape index (κ3) is 4.68. The summed E-state index contributed by atoms with van der Waals surface area (Å²) in [6.07, 6.45) is 0.734. The topological polar surface area (TPSA) is 35.5 Å². The normalized spacial score (nSPS) is 10.4. The van der Waals surface area contributed by atoms with Crippen molar-refractivity contribution in [2.75, 3.05) is 7.11 Å². The molecule has 0 spiro atoms. The van der Waals surface area contributed by atoms with Gasteiger partial charge in [0.15, 0.2) is 0 Å². The number of ether oxygens (including phenoxy) is 2. The molecular weight excluding hydrogens is 298 g/mol. The van der Waals surface area contributed by atoms with Gasteiger partial charge in [-0.3, -0.25) is 4.79 Å². The van der Waals surface area contributed by atoms with Crippen LogP contribution in [0.4, 0.5) is 8.78 Å². The SMILES string of the molecule is COC(=O)CCc1ccc(OC(F)F)c(Br)c1. The van der Waals surface area contributed by atoms with Gasteiger partial charge in [0.1, 0.15) is 5.75 Å². The van der Waals surface area contributed by atoms with Gasteiger partial charge in [-0.25, -0.2) is 0 Å². The molecule has 0 heterocycles. The van der Waals surface area contributed by atoms with Gasteiger partial charge in [0.05, 0.1) is 11.6 Å². The first-order chi connectivity index (χ1) is 8.02. The number of methoxy groups -OCH3 is 1. The van der Waals surface area contributed by atoms with Gasteiger partial charge >= 0.3 is 12.6 Å². The van der Waals surface area contributed by atoms with E-state index in [2.05, 4.69) is 25.4 Å². The molecule has 0 radical (unpaired) electrons. The predicted molar refractivity (Wildman–Crippen MR) is 61.1 cm³/mol. The van der Waals surface area contributed by atoms with Crippen LogP contribution in [0.25, 0.3) is 0 Å². The van der Waals surface area contributed by atoms with E-state index in [4.69, 9.17) is 0 Å². The number of halogens is 3. The van der Waals surface area contributed by atoms with Gasteiger partial charge in [-0.2, -0.15) is 8.78 Å². The van der Waals surface area contributed by atoms with Crippen LogP contribution in [0.3, 0.4) is 0 Å². The van der Waals surface area contributed by atoms with E-state index >= 15 is 0 Å². The van der Waals surface area contributed by atoms with Crippen molar-refractivity contribution in [3.05, 3.63) is 28.2 Å². The maximum atomic E-state index is 12.0. The Kier molecular flexibility index (Phi) is 5.34. The summed E-state index contributed by atoms with van der Waals surface area (Å²) in [7, 11) is 1.32. The van der Waals surface area contributed by atoms with E-state index in [1.807, 2.05) is 0 Å². The number of benzene rings is 1. The summed E-state index contributed by atoms with van der Waals surface area (Å²) in [4.78, 5) is 10.9.